The second-order valence-electron chi connectivity index (χ2n) is 8.99. The summed E-state index contributed by atoms with van der Waals surface area (Å²) in [6, 6.07) is 0. The van der Waals surface area contributed by atoms with Crippen molar-refractivity contribution in [2.75, 3.05) is 7.11 Å². The molecule has 0 bridgehead atoms. The van der Waals surface area contributed by atoms with Crippen molar-refractivity contribution in [2.45, 2.75) is 130 Å². The van der Waals surface area contributed by atoms with Gasteiger partial charge in [-0.15, -0.1) is 0 Å². The largest absolute Gasteiger partial charge is 0.466 e. The van der Waals surface area contributed by atoms with E-state index in [-0.39, 0.29) is 11.9 Å². The molecule has 0 aromatic carbocycles. The number of carbonyl (C=O) groups is 2. The van der Waals surface area contributed by atoms with Gasteiger partial charge in [-0.2, -0.15) is 0 Å². The summed E-state index contributed by atoms with van der Waals surface area (Å²) in [5, 5.41) is 0. The van der Waals surface area contributed by atoms with Crippen LogP contribution >= 0.6 is 0 Å². The first-order chi connectivity index (χ1) is 13.8. The zero-order chi connectivity index (χ0) is 22.1. The first-order valence-corrected chi connectivity index (χ1v) is 11.8. The van der Waals surface area contributed by atoms with Crippen molar-refractivity contribution in [1.29, 1.82) is 0 Å². The van der Waals surface area contributed by atoms with E-state index in [0.29, 0.717) is 24.0 Å². The Labute approximate surface area is 179 Å². The summed E-state index contributed by atoms with van der Waals surface area (Å²) in [5.74, 6) is -0.747. The molecule has 0 amide bonds. The minimum Gasteiger partial charge on any atom is -0.466 e. The lowest BCUT2D eigenvalue weighted by Gasteiger charge is -2.22. The van der Waals surface area contributed by atoms with Gasteiger partial charge in [0.15, 0.2) is 0 Å². The maximum Gasteiger partial charge on any atom is 0.335 e. The molecule has 0 aliphatic rings. The van der Waals surface area contributed by atoms with E-state index in [0.717, 1.165) is 25.7 Å². The molecule has 0 atom stereocenters. The number of esters is 2. The number of hydrogen-bond acceptors (Lipinski definition) is 4. The van der Waals surface area contributed by atoms with Crippen LogP contribution in [0.15, 0.2) is 11.1 Å². The Kier molecular flexibility index (Phi) is 15.7. The maximum absolute atomic E-state index is 12.9. The van der Waals surface area contributed by atoms with Gasteiger partial charge in [-0.3, -0.25) is 0 Å². The molecular formula is C25H46O4. The molecule has 0 aliphatic carbocycles. The standard InChI is InChI=1S/C25H46O4/c1-7-9-11-13-15-17-19-21(23(26)28-6)22(24(27)29-25(3,4)5)20-18-16-14-12-10-8-2/h7-20H2,1-6H3/b22-21-. The van der Waals surface area contributed by atoms with Crippen LogP contribution in [0.4, 0.5) is 0 Å². The molecule has 0 saturated carbocycles. The minimum absolute atomic E-state index is 0.363. The highest BCUT2D eigenvalue weighted by Crippen LogP contribution is 2.24. The molecule has 0 spiro atoms. The summed E-state index contributed by atoms with van der Waals surface area (Å²) >= 11 is 0. The smallest absolute Gasteiger partial charge is 0.335 e. The fourth-order valence-corrected chi connectivity index (χ4v) is 3.38. The van der Waals surface area contributed by atoms with Crippen LogP contribution in [-0.4, -0.2) is 24.6 Å². The third-order valence-corrected chi connectivity index (χ3v) is 5.00. The lowest BCUT2D eigenvalue weighted by atomic mass is 9.96. The highest BCUT2D eigenvalue weighted by Gasteiger charge is 2.25. The normalized spacial score (nSPS) is 12.5. The molecule has 0 rings (SSSR count). The van der Waals surface area contributed by atoms with E-state index in [9.17, 15) is 9.59 Å². The van der Waals surface area contributed by atoms with Crippen LogP contribution in [-0.2, 0) is 19.1 Å². The van der Waals surface area contributed by atoms with Crippen molar-refractivity contribution < 1.29 is 19.1 Å². The van der Waals surface area contributed by atoms with Crippen LogP contribution < -0.4 is 0 Å². The fourth-order valence-electron chi connectivity index (χ4n) is 3.38. The predicted octanol–water partition coefficient (Wildman–Crippen LogP) is 7.30. The molecule has 0 aliphatic heterocycles. The van der Waals surface area contributed by atoms with Crippen LogP contribution in [0.1, 0.15) is 125 Å². The summed E-state index contributed by atoms with van der Waals surface area (Å²) in [6.45, 7) is 9.98. The van der Waals surface area contributed by atoms with Gasteiger partial charge in [0.25, 0.3) is 0 Å². The third-order valence-electron chi connectivity index (χ3n) is 5.00. The van der Waals surface area contributed by atoms with E-state index in [1.807, 2.05) is 20.8 Å². The van der Waals surface area contributed by atoms with Gasteiger partial charge in [0, 0.05) is 11.1 Å². The molecule has 4 nitrogen and oxygen atoms in total. The lowest BCUT2D eigenvalue weighted by Crippen LogP contribution is -2.26. The summed E-state index contributed by atoms with van der Waals surface area (Å²) < 4.78 is 10.6. The average molecular weight is 411 g/mol. The Hall–Kier alpha value is -1.32. The van der Waals surface area contributed by atoms with E-state index >= 15 is 0 Å². The van der Waals surface area contributed by atoms with Gasteiger partial charge in [0.05, 0.1) is 7.11 Å². The molecule has 4 heteroatoms. The van der Waals surface area contributed by atoms with Crippen LogP contribution in [0.2, 0.25) is 0 Å². The molecule has 0 unspecified atom stereocenters. The molecule has 0 radical (unpaired) electrons. The van der Waals surface area contributed by atoms with E-state index in [4.69, 9.17) is 9.47 Å². The van der Waals surface area contributed by atoms with Crippen molar-refractivity contribution >= 4 is 11.9 Å². The highest BCUT2D eigenvalue weighted by atomic mass is 16.6. The summed E-state index contributed by atoms with van der Waals surface area (Å²) in [6.07, 6.45) is 14.8. The van der Waals surface area contributed by atoms with Gasteiger partial charge >= 0.3 is 11.9 Å². The first-order valence-electron chi connectivity index (χ1n) is 11.8. The average Bonchev–Trinajstić information content (AvgIpc) is 2.65. The van der Waals surface area contributed by atoms with Crippen LogP contribution in [0.3, 0.4) is 0 Å². The van der Waals surface area contributed by atoms with Gasteiger partial charge in [0.1, 0.15) is 5.60 Å². The monoisotopic (exact) mass is 410 g/mol. The number of hydrogen-bond donors (Lipinski definition) is 0. The molecule has 29 heavy (non-hydrogen) atoms. The molecular weight excluding hydrogens is 364 g/mol. The van der Waals surface area contributed by atoms with Crippen LogP contribution in [0.5, 0.6) is 0 Å². The number of carbonyl (C=O) groups excluding carboxylic acids is 2. The lowest BCUT2D eigenvalue weighted by molar-refractivity contribution is -0.151. The van der Waals surface area contributed by atoms with Crippen molar-refractivity contribution in [1.82, 2.24) is 0 Å². The van der Waals surface area contributed by atoms with Crippen molar-refractivity contribution in [3.8, 4) is 0 Å². The summed E-state index contributed by atoms with van der Waals surface area (Å²) in [4.78, 5) is 25.3. The van der Waals surface area contributed by atoms with E-state index < -0.39 is 5.60 Å². The molecule has 0 heterocycles. The van der Waals surface area contributed by atoms with Crippen molar-refractivity contribution in [2.24, 2.45) is 0 Å². The molecule has 0 N–H and O–H groups in total. The van der Waals surface area contributed by atoms with Crippen molar-refractivity contribution in [3.63, 3.8) is 0 Å². The Morgan fingerprint density at radius 3 is 1.38 bits per heavy atom. The van der Waals surface area contributed by atoms with E-state index in [1.165, 1.54) is 58.5 Å². The molecule has 0 fully saturated rings. The number of unbranched alkanes of at least 4 members (excludes halogenated alkanes) is 10. The minimum atomic E-state index is -0.579. The summed E-state index contributed by atoms with van der Waals surface area (Å²) in [5.41, 5.74) is 0.465. The van der Waals surface area contributed by atoms with Gasteiger partial charge in [0.2, 0.25) is 0 Å². The molecule has 0 saturated heterocycles. The van der Waals surface area contributed by atoms with E-state index in [1.54, 1.807) is 0 Å². The van der Waals surface area contributed by atoms with E-state index in [2.05, 4.69) is 13.8 Å². The topological polar surface area (TPSA) is 52.6 Å². The quantitative estimate of drug-likeness (QED) is 0.152. The fraction of sp³-hybridized carbons (Fsp3) is 0.840. The van der Waals surface area contributed by atoms with Gasteiger partial charge in [-0.25, -0.2) is 9.59 Å². The Morgan fingerprint density at radius 1 is 0.621 bits per heavy atom. The second kappa shape index (κ2) is 16.5. The Morgan fingerprint density at radius 2 is 1.00 bits per heavy atom. The summed E-state index contributed by atoms with van der Waals surface area (Å²) in [7, 11) is 1.39. The molecule has 170 valence electrons. The van der Waals surface area contributed by atoms with Gasteiger partial charge in [-0.1, -0.05) is 78.1 Å². The second-order valence-corrected chi connectivity index (χ2v) is 8.99. The number of methoxy groups -OCH3 is 1. The number of rotatable bonds is 16. The van der Waals surface area contributed by atoms with Crippen LogP contribution in [0.25, 0.3) is 0 Å². The SMILES string of the molecule is CCCCCCCC/C(C(=O)OC)=C(\CCCCCCCC)C(=O)OC(C)(C)C. The number of ether oxygens (including phenoxy) is 2. The maximum atomic E-state index is 12.9. The predicted molar refractivity (Wildman–Crippen MR) is 121 cm³/mol. The van der Waals surface area contributed by atoms with Gasteiger partial charge in [-0.05, 0) is 46.5 Å². The van der Waals surface area contributed by atoms with Gasteiger partial charge < -0.3 is 9.47 Å². The van der Waals surface area contributed by atoms with Crippen LogP contribution in [0, 0.1) is 0 Å². The van der Waals surface area contributed by atoms with Crippen molar-refractivity contribution in [3.05, 3.63) is 11.1 Å². The Bertz CT molecular complexity index is 486. The first kappa shape index (κ1) is 27.7. The Balaban J connectivity index is 5.17. The molecule has 0 aromatic rings. The third kappa shape index (κ3) is 14.3. The zero-order valence-corrected chi connectivity index (χ0v) is 20.0. The zero-order valence-electron chi connectivity index (χ0n) is 20.0. The highest BCUT2D eigenvalue weighted by molar-refractivity contribution is 6.00. The molecule has 0 aromatic heterocycles.